The van der Waals surface area contributed by atoms with E-state index in [1.165, 1.54) is 6.08 Å². The molecule has 0 atom stereocenters. The molecule has 2 rings (SSSR count). The van der Waals surface area contributed by atoms with Crippen LogP contribution in [0.2, 0.25) is 0 Å². The number of nitrogens with zero attached hydrogens (tertiary/aromatic N) is 1. The Kier molecular flexibility index (Phi) is 4.20. The van der Waals surface area contributed by atoms with E-state index < -0.39 is 11.9 Å². The average Bonchev–Trinajstić information content (AvgIpc) is 2.75. The number of para-hydroxylation sites is 1. The van der Waals surface area contributed by atoms with Gasteiger partial charge in [-0.2, -0.15) is 0 Å². The zero-order valence-corrected chi connectivity index (χ0v) is 11.1. The van der Waals surface area contributed by atoms with Crippen LogP contribution in [0, 0.1) is 0 Å². The molecule has 0 unspecified atom stereocenters. The van der Waals surface area contributed by atoms with Gasteiger partial charge in [0.25, 0.3) is 0 Å². The molecule has 1 aromatic carbocycles. The van der Waals surface area contributed by atoms with Crippen LogP contribution in [-0.2, 0) is 20.9 Å². The number of ether oxygens (including phenoxy) is 1. The van der Waals surface area contributed by atoms with Gasteiger partial charge in [-0.3, -0.25) is 4.79 Å². The maximum absolute atomic E-state index is 11.3. The topological polar surface area (TPSA) is 68.5 Å². The predicted octanol–water partition coefficient (Wildman–Crippen LogP) is 2.30. The molecule has 2 aromatic rings. The number of esters is 1. The van der Waals surface area contributed by atoms with Gasteiger partial charge in [0, 0.05) is 28.7 Å². The normalized spacial score (nSPS) is 11.1. The highest BCUT2D eigenvalue weighted by Crippen LogP contribution is 2.22. The maximum atomic E-state index is 11.3. The molecule has 0 aliphatic rings. The predicted molar refractivity (Wildman–Crippen MR) is 75.2 cm³/mol. The van der Waals surface area contributed by atoms with Gasteiger partial charge in [-0.1, -0.05) is 18.2 Å². The summed E-state index contributed by atoms with van der Waals surface area (Å²) >= 11 is 0. The molecule has 20 heavy (non-hydrogen) atoms. The maximum Gasteiger partial charge on any atom is 0.330 e. The second-order valence-electron chi connectivity index (χ2n) is 4.21. The van der Waals surface area contributed by atoms with Gasteiger partial charge in [-0.25, -0.2) is 4.79 Å². The monoisotopic (exact) mass is 273 g/mol. The number of fused-ring (bicyclic) bond motifs is 1. The number of aliphatic carboxylic acids is 1. The summed E-state index contributed by atoms with van der Waals surface area (Å²) in [4.78, 5) is 22.2. The summed E-state index contributed by atoms with van der Waals surface area (Å²) in [5.41, 5.74) is 1.60. The third-order valence-electron chi connectivity index (χ3n) is 2.81. The third-order valence-corrected chi connectivity index (χ3v) is 2.81. The Hall–Kier alpha value is -2.56. The van der Waals surface area contributed by atoms with Crippen LogP contribution in [0.1, 0.15) is 12.5 Å². The van der Waals surface area contributed by atoms with Gasteiger partial charge in [0.15, 0.2) is 0 Å². The van der Waals surface area contributed by atoms with Gasteiger partial charge in [-0.05, 0) is 19.1 Å². The summed E-state index contributed by atoms with van der Waals surface area (Å²) in [5.74, 6) is -1.32. The first-order valence-corrected chi connectivity index (χ1v) is 6.26. The van der Waals surface area contributed by atoms with Gasteiger partial charge in [0.1, 0.15) is 6.54 Å². The van der Waals surface area contributed by atoms with E-state index in [4.69, 9.17) is 9.84 Å². The van der Waals surface area contributed by atoms with Gasteiger partial charge in [-0.15, -0.1) is 0 Å². The standard InChI is InChI=1S/C15H15NO4/c1-2-20-15(19)8-7-11-9-16(10-14(17)18)13-6-4-3-5-12(11)13/h3-9H,2,10H2,1H3,(H,17,18). The number of carboxylic acids is 1. The number of carbonyl (C=O) groups excluding carboxylic acids is 1. The van der Waals surface area contributed by atoms with Crippen molar-refractivity contribution in [1.29, 1.82) is 0 Å². The smallest absolute Gasteiger partial charge is 0.330 e. The molecule has 1 N–H and O–H groups in total. The highest BCUT2D eigenvalue weighted by Gasteiger charge is 2.08. The fourth-order valence-electron chi connectivity index (χ4n) is 2.03. The van der Waals surface area contributed by atoms with Crippen LogP contribution in [0.25, 0.3) is 17.0 Å². The molecule has 0 aliphatic heterocycles. The van der Waals surface area contributed by atoms with Crippen LogP contribution in [0.4, 0.5) is 0 Å². The summed E-state index contributed by atoms with van der Waals surface area (Å²) in [7, 11) is 0. The Morgan fingerprint density at radius 3 is 2.80 bits per heavy atom. The number of aromatic nitrogens is 1. The lowest BCUT2D eigenvalue weighted by molar-refractivity contribution is -0.138. The van der Waals surface area contributed by atoms with E-state index in [0.717, 1.165) is 16.5 Å². The number of benzene rings is 1. The minimum absolute atomic E-state index is 0.117. The van der Waals surface area contributed by atoms with Crippen molar-refractivity contribution >= 4 is 28.9 Å². The minimum Gasteiger partial charge on any atom is -0.480 e. The fraction of sp³-hybridized carbons (Fsp3) is 0.200. The van der Waals surface area contributed by atoms with Gasteiger partial charge >= 0.3 is 11.9 Å². The molecular weight excluding hydrogens is 258 g/mol. The fourth-order valence-corrected chi connectivity index (χ4v) is 2.03. The highest BCUT2D eigenvalue weighted by atomic mass is 16.5. The number of hydrogen-bond acceptors (Lipinski definition) is 3. The van der Waals surface area contributed by atoms with E-state index in [0.29, 0.717) is 6.61 Å². The second kappa shape index (κ2) is 6.06. The van der Waals surface area contributed by atoms with Crippen molar-refractivity contribution < 1.29 is 19.4 Å². The zero-order chi connectivity index (χ0) is 14.5. The van der Waals surface area contributed by atoms with Crippen molar-refractivity contribution in [2.24, 2.45) is 0 Å². The lowest BCUT2D eigenvalue weighted by Gasteiger charge is -1.99. The molecule has 5 nitrogen and oxygen atoms in total. The molecule has 104 valence electrons. The Morgan fingerprint density at radius 1 is 1.35 bits per heavy atom. The first kappa shape index (κ1) is 13.9. The lowest BCUT2D eigenvalue weighted by Crippen LogP contribution is -2.07. The van der Waals surface area contributed by atoms with E-state index in [1.807, 2.05) is 24.3 Å². The van der Waals surface area contributed by atoms with Gasteiger partial charge < -0.3 is 14.4 Å². The highest BCUT2D eigenvalue weighted by molar-refractivity contribution is 5.94. The molecule has 1 heterocycles. The van der Waals surface area contributed by atoms with E-state index in [9.17, 15) is 9.59 Å². The summed E-state index contributed by atoms with van der Waals surface area (Å²) in [5, 5.41) is 9.81. The van der Waals surface area contributed by atoms with Gasteiger partial charge in [0.2, 0.25) is 0 Å². The molecular formula is C15H15NO4. The molecule has 0 amide bonds. The van der Waals surface area contributed by atoms with Crippen molar-refractivity contribution in [3.8, 4) is 0 Å². The van der Waals surface area contributed by atoms with E-state index in [1.54, 1.807) is 23.8 Å². The van der Waals surface area contributed by atoms with Crippen LogP contribution < -0.4 is 0 Å². The molecule has 0 spiro atoms. The SMILES string of the molecule is CCOC(=O)C=Cc1cn(CC(=O)O)c2ccccc12. The molecule has 0 aliphatic carbocycles. The first-order valence-electron chi connectivity index (χ1n) is 6.26. The number of rotatable bonds is 5. The van der Waals surface area contributed by atoms with Crippen LogP contribution in [0.3, 0.4) is 0 Å². The molecule has 0 radical (unpaired) electrons. The van der Waals surface area contributed by atoms with Crippen molar-refractivity contribution in [3.63, 3.8) is 0 Å². The quantitative estimate of drug-likeness (QED) is 0.670. The summed E-state index contributed by atoms with van der Waals surface area (Å²) in [6.07, 6.45) is 4.70. The largest absolute Gasteiger partial charge is 0.480 e. The van der Waals surface area contributed by atoms with E-state index in [-0.39, 0.29) is 6.54 Å². The molecule has 0 saturated carbocycles. The van der Waals surface area contributed by atoms with E-state index in [2.05, 4.69) is 0 Å². The molecule has 0 bridgehead atoms. The molecule has 0 fully saturated rings. The van der Waals surface area contributed by atoms with Crippen LogP contribution in [0.15, 0.2) is 36.5 Å². The Morgan fingerprint density at radius 2 is 2.10 bits per heavy atom. The molecule has 5 heteroatoms. The first-order chi connectivity index (χ1) is 9.61. The minimum atomic E-state index is -0.910. The van der Waals surface area contributed by atoms with E-state index >= 15 is 0 Å². The molecule has 1 aromatic heterocycles. The molecule has 0 saturated heterocycles. The summed E-state index contributed by atoms with van der Waals surface area (Å²) in [6.45, 7) is 1.95. The second-order valence-corrected chi connectivity index (χ2v) is 4.21. The number of carbonyl (C=O) groups is 2. The lowest BCUT2D eigenvalue weighted by atomic mass is 10.1. The summed E-state index contributed by atoms with van der Waals surface area (Å²) in [6, 6.07) is 7.45. The summed E-state index contributed by atoms with van der Waals surface area (Å²) < 4.78 is 6.46. The average molecular weight is 273 g/mol. The Balaban J connectivity index is 2.38. The van der Waals surface area contributed by atoms with Crippen molar-refractivity contribution in [2.45, 2.75) is 13.5 Å². The van der Waals surface area contributed by atoms with Crippen molar-refractivity contribution in [1.82, 2.24) is 4.57 Å². The van der Waals surface area contributed by atoms with Crippen molar-refractivity contribution in [2.75, 3.05) is 6.61 Å². The number of carboxylic acid groups (broad SMARTS) is 1. The van der Waals surface area contributed by atoms with Crippen LogP contribution >= 0.6 is 0 Å². The van der Waals surface area contributed by atoms with Crippen LogP contribution in [0.5, 0.6) is 0 Å². The van der Waals surface area contributed by atoms with Crippen LogP contribution in [-0.4, -0.2) is 28.2 Å². The Labute approximate surface area is 116 Å². The number of hydrogen-bond donors (Lipinski definition) is 1. The van der Waals surface area contributed by atoms with Crippen molar-refractivity contribution in [3.05, 3.63) is 42.1 Å². The third kappa shape index (κ3) is 3.06. The van der Waals surface area contributed by atoms with Gasteiger partial charge in [0.05, 0.1) is 6.61 Å². The zero-order valence-electron chi connectivity index (χ0n) is 11.1. The Bertz CT molecular complexity index is 670.